The van der Waals surface area contributed by atoms with Gasteiger partial charge in [-0.25, -0.2) is 14.2 Å². The summed E-state index contributed by atoms with van der Waals surface area (Å²) in [5.74, 6) is 0.528. The number of aromatic nitrogens is 6. The number of aromatic amines is 1. The van der Waals surface area contributed by atoms with Crippen LogP contribution >= 0.6 is 0 Å². The molecule has 4 aromatic heterocycles. The molecule has 16 heteroatoms. The molecule has 3 amide bonds. The Morgan fingerprint density at radius 1 is 0.984 bits per heavy atom. The van der Waals surface area contributed by atoms with E-state index in [-0.39, 0.29) is 23.8 Å². The summed E-state index contributed by atoms with van der Waals surface area (Å²) in [5.41, 5.74) is 6.45. The molecule has 15 nitrogen and oxygen atoms in total. The van der Waals surface area contributed by atoms with E-state index >= 15 is 4.39 Å². The first-order chi connectivity index (χ1) is 30.8. The number of benzene rings is 2. The van der Waals surface area contributed by atoms with Gasteiger partial charge in [0.15, 0.2) is 11.5 Å². The van der Waals surface area contributed by atoms with E-state index in [0.717, 1.165) is 83.5 Å². The maximum absolute atomic E-state index is 16.5. The molecule has 3 N–H and O–H groups in total. The zero-order valence-electron chi connectivity index (χ0n) is 37.2. The molecule has 0 unspecified atom stereocenters. The summed E-state index contributed by atoms with van der Waals surface area (Å²) in [7, 11) is 1.59. The number of nitrogens with zero attached hydrogens (tertiary/aromatic N) is 8. The van der Waals surface area contributed by atoms with Crippen LogP contribution in [0.5, 0.6) is 0 Å². The number of piperidine rings is 2. The maximum Gasteiger partial charge on any atom is 0.321 e. The lowest BCUT2D eigenvalue weighted by molar-refractivity contribution is -0.107. The van der Waals surface area contributed by atoms with E-state index in [2.05, 4.69) is 45.8 Å². The summed E-state index contributed by atoms with van der Waals surface area (Å²) < 4.78 is 21.7. The molecule has 2 aliphatic heterocycles. The zero-order valence-corrected chi connectivity index (χ0v) is 37.2. The van der Waals surface area contributed by atoms with Gasteiger partial charge >= 0.3 is 17.8 Å². The largest absolute Gasteiger partial charge is 0.372 e. The number of H-pyrrole nitrogens is 1. The van der Waals surface area contributed by atoms with E-state index < -0.39 is 11.6 Å². The smallest absolute Gasteiger partial charge is 0.321 e. The third kappa shape index (κ3) is 9.66. The Morgan fingerprint density at radius 3 is 2.41 bits per heavy atom. The Morgan fingerprint density at radius 2 is 1.75 bits per heavy atom. The number of nitrogens with one attached hydrogen (secondary N) is 3. The second-order valence-corrected chi connectivity index (χ2v) is 18.0. The molecule has 0 saturated carbocycles. The third-order valence-electron chi connectivity index (χ3n) is 12.6. The van der Waals surface area contributed by atoms with Crippen LogP contribution in [0, 0.1) is 12.8 Å². The number of amides is 3. The number of carbonyl (C=O) groups excluding carboxylic acids is 3. The molecule has 2 fully saturated rings. The molecule has 0 radical (unpaired) electrons. The van der Waals surface area contributed by atoms with Gasteiger partial charge in [-0.3, -0.25) is 19.8 Å². The highest BCUT2D eigenvalue weighted by Gasteiger charge is 2.37. The first-order valence-electron chi connectivity index (χ1n) is 22.0. The van der Waals surface area contributed by atoms with Crippen molar-refractivity contribution >= 4 is 40.6 Å². The van der Waals surface area contributed by atoms with Gasteiger partial charge < -0.3 is 29.8 Å². The topological polar surface area (TPSA) is 178 Å². The molecular formula is C48H56FN11O4. The fourth-order valence-electron chi connectivity index (χ4n) is 8.64. The number of halogens is 1. The van der Waals surface area contributed by atoms with Crippen molar-refractivity contribution in [3.63, 3.8) is 0 Å². The highest BCUT2D eigenvalue weighted by atomic mass is 19.1. The summed E-state index contributed by atoms with van der Waals surface area (Å²) in [5, 5.41) is 17.9. The Balaban J connectivity index is 0.836. The van der Waals surface area contributed by atoms with Crippen molar-refractivity contribution in [2.24, 2.45) is 5.92 Å². The Labute approximate surface area is 372 Å². The van der Waals surface area contributed by atoms with E-state index in [4.69, 9.17) is 9.51 Å². The number of carbonyl (C=O) groups is 3. The fourth-order valence-corrected chi connectivity index (χ4v) is 8.64. The lowest BCUT2D eigenvalue weighted by atomic mass is 9.86. The van der Waals surface area contributed by atoms with Gasteiger partial charge in [-0.2, -0.15) is 10.1 Å². The normalized spacial score (nSPS) is 15.9. The quantitative estimate of drug-likeness (QED) is 0.0979. The highest BCUT2D eigenvalue weighted by molar-refractivity contribution is 5.94. The van der Waals surface area contributed by atoms with Crippen LogP contribution in [0.1, 0.15) is 86.1 Å². The number of aryl methyl sites for hydroxylation is 1. The van der Waals surface area contributed by atoms with Gasteiger partial charge in [0.2, 0.25) is 0 Å². The summed E-state index contributed by atoms with van der Waals surface area (Å²) in [6, 6.07) is 19.5. The van der Waals surface area contributed by atoms with Crippen molar-refractivity contribution in [1.29, 1.82) is 0 Å². The molecule has 64 heavy (non-hydrogen) atoms. The van der Waals surface area contributed by atoms with Crippen LogP contribution in [0.15, 0.2) is 77.6 Å². The average Bonchev–Trinajstić information content (AvgIpc) is 3.99. The number of hydrogen-bond donors (Lipinski definition) is 3. The number of aldehydes is 1. The molecule has 0 spiro atoms. The maximum atomic E-state index is 16.5. The number of urea groups is 1. The molecule has 6 heterocycles. The van der Waals surface area contributed by atoms with E-state index in [1.165, 1.54) is 0 Å². The second kappa shape index (κ2) is 18.7. The number of anilines is 2. The highest BCUT2D eigenvalue weighted by Crippen LogP contribution is 2.38. The van der Waals surface area contributed by atoms with Crippen molar-refractivity contribution in [3.05, 3.63) is 101 Å². The molecule has 2 aromatic carbocycles. The van der Waals surface area contributed by atoms with Crippen molar-refractivity contribution in [1.82, 2.24) is 45.8 Å². The molecule has 0 aliphatic carbocycles. The van der Waals surface area contributed by atoms with Crippen molar-refractivity contribution < 1.29 is 23.3 Å². The van der Waals surface area contributed by atoms with Crippen molar-refractivity contribution in [3.8, 4) is 22.5 Å². The minimum Gasteiger partial charge on any atom is -0.372 e. The number of rotatable bonds is 13. The summed E-state index contributed by atoms with van der Waals surface area (Å²) in [4.78, 5) is 56.0. The van der Waals surface area contributed by atoms with Crippen LogP contribution in [0.3, 0.4) is 0 Å². The van der Waals surface area contributed by atoms with Gasteiger partial charge in [0.1, 0.15) is 12.0 Å². The average molecular weight is 870 g/mol. The number of alkyl halides is 1. The minimum absolute atomic E-state index is 0.0646. The van der Waals surface area contributed by atoms with Gasteiger partial charge in [0, 0.05) is 111 Å². The van der Waals surface area contributed by atoms with Gasteiger partial charge in [-0.1, -0.05) is 44.1 Å². The monoisotopic (exact) mass is 869 g/mol. The minimum atomic E-state index is -1.44. The number of hydrogen-bond acceptors (Lipinski definition) is 11. The predicted octanol–water partition coefficient (Wildman–Crippen LogP) is 7.52. The van der Waals surface area contributed by atoms with Gasteiger partial charge in [0.25, 0.3) is 0 Å². The summed E-state index contributed by atoms with van der Waals surface area (Å²) in [6.45, 7) is 12.7. The zero-order chi connectivity index (χ0) is 45.0. The molecule has 2 saturated heterocycles. The van der Waals surface area contributed by atoms with E-state index in [0.29, 0.717) is 67.7 Å². The first kappa shape index (κ1) is 44.1. The van der Waals surface area contributed by atoms with Gasteiger partial charge in [0.05, 0.1) is 11.4 Å². The fraction of sp³-hybridized carbons (Fsp3) is 0.417. The van der Waals surface area contributed by atoms with Crippen molar-refractivity contribution in [2.75, 3.05) is 56.1 Å². The number of fused-ring (bicyclic) bond motifs is 1. The van der Waals surface area contributed by atoms with E-state index in [1.54, 1.807) is 24.3 Å². The standard InChI is InChI=1S/C48H56FN11O4/c1-31-25-33(7-8-34(31)27-53-43(62)44-54-45(57-64-44)47(2,3)4)41-39-26-35(28-52-42(39)56-55-41)40-14-9-36(29-51-40)48(49)17-22-58(23-18-48)30-32-15-20-59(21-16-32)37-10-12-38(13-11-37)60(19-6-24-61)46(63)50-5/h7-14,24-26,28-29,32H,6,15-23,27,30H2,1-5H3,(H,50,63)(H,53,62)(H,52,55,56). The summed E-state index contributed by atoms with van der Waals surface area (Å²) >= 11 is 0. The van der Waals surface area contributed by atoms with Gasteiger partial charge in [-0.15, -0.1) is 0 Å². The Kier molecular flexibility index (Phi) is 12.8. The lowest BCUT2D eigenvalue weighted by Gasteiger charge is -2.40. The van der Waals surface area contributed by atoms with Crippen LogP contribution < -0.4 is 20.4 Å². The van der Waals surface area contributed by atoms with Crippen LogP contribution in [-0.4, -0.2) is 99.7 Å². The molecule has 6 aromatic rings. The SMILES string of the molecule is CNC(=O)N(CCC=O)c1ccc(N2CCC(CN3CCC(F)(c4ccc(-c5cnc6n[nH]c(-c7ccc(CNC(=O)c8nc(C(C)(C)C)no8)c(C)c7)c6c5)nc4)CC3)CC2)cc1. The third-order valence-corrected chi connectivity index (χ3v) is 12.6. The number of pyridine rings is 2. The van der Waals surface area contributed by atoms with Gasteiger partial charge in [-0.05, 0) is 92.1 Å². The molecule has 0 atom stereocenters. The van der Waals surface area contributed by atoms with Crippen LogP contribution in [0.2, 0.25) is 0 Å². The van der Waals surface area contributed by atoms with Crippen LogP contribution in [-0.2, 0) is 22.4 Å². The van der Waals surface area contributed by atoms with Crippen LogP contribution in [0.25, 0.3) is 33.5 Å². The number of likely N-dealkylation sites (tertiary alicyclic amines) is 1. The molecule has 0 bridgehead atoms. The predicted molar refractivity (Wildman–Crippen MR) is 244 cm³/mol. The second-order valence-electron chi connectivity index (χ2n) is 18.0. The molecule has 2 aliphatic rings. The lowest BCUT2D eigenvalue weighted by Crippen LogP contribution is -2.44. The van der Waals surface area contributed by atoms with E-state index in [9.17, 15) is 14.4 Å². The first-order valence-corrected chi connectivity index (χ1v) is 22.0. The summed E-state index contributed by atoms with van der Waals surface area (Å²) in [6.07, 6.45) is 7.48. The van der Waals surface area contributed by atoms with Crippen molar-refractivity contribution in [2.45, 2.75) is 77.4 Å². The Bertz CT molecular complexity index is 2590. The molecular weight excluding hydrogens is 814 g/mol. The van der Waals surface area contributed by atoms with Crippen LogP contribution in [0.4, 0.5) is 20.6 Å². The Hall–Kier alpha value is -6.55. The molecule has 334 valence electrons. The molecule has 8 rings (SSSR count). The van der Waals surface area contributed by atoms with E-state index in [1.807, 2.05) is 88.4 Å².